The van der Waals surface area contributed by atoms with Crippen LogP contribution in [0.5, 0.6) is 0 Å². The molecule has 10 nitrogen and oxygen atoms in total. The Hall–Kier alpha value is -3.05. The lowest BCUT2D eigenvalue weighted by atomic mass is 9.99. The molecule has 0 heterocycles. The predicted molar refractivity (Wildman–Crippen MR) is 108 cm³/mol. The van der Waals surface area contributed by atoms with Crippen LogP contribution >= 0.6 is 0 Å². The molecule has 0 spiro atoms. The molecule has 0 saturated heterocycles. The SMILES string of the molecule is O=C(O)N[C@@H](Cc1ccccc1)[C@@H](O)CN[C@@H](CO)C(O)c1ccc([N+](=O)[O-])cc1. The van der Waals surface area contributed by atoms with Crippen LogP contribution in [0.4, 0.5) is 10.5 Å². The van der Waals surface area contributed by atoms with Crippen molar-refractivity contribution in [3.63, 3.8) is 0 Å². The van der Waals surface area contributed by atoms with E-state index in [1.54, 1.807) is 12.1 Å². The predicted octanol–water partition coefficient (Wildman–Crippen LogP) is 0.818. The Bertz CT molecular complexity index is 817. The molecule has 0 aromatic heterocycles. The zero-order valence-electron chi connectivity index (χ0n) is 16.1. The van der Waals surface area contributed by atoms with E-state index in [9.17, 15) is 30.2 Å². The van der Waals surface area contributed by atoms with Crippen molar-refractivity contribution in [2.45, 2.75) is 30.7 Å². The number of carbonyl (C=O) groups is 1. The first-order valence-electron chi connectivity index (χ1n) is 9.30. The first-order valence-corrected chi connectivity index (χ1v) is 9.30. The molecule has 0 fully saturated rings. The van der Waals surface area contributed by atoms with E-state index >= 15 is 0 Å². The summed E-state index contributed by atoms with van der Waals surface area (Å²) in [4.78, 5) is 21.3. The van der Waals surface area contributed by atoms with Gasteiger partial charge in [-0.2, -0.15) is 0 Å². The second-order valence-corrected chi connectivity index (χ2v) is 6.80. The molecular weight excluding hydrogens is 394 g/mol. The van der Waals surface area contributed by atoms with Crippen molar-refractivity contribution in [2.24, 2.45) is 0 Å². The van der Waals surface area contributed by atoms with Crippen LogP contribution in [0.15, 0.2) is 54.6 Å². The van der Waals surface area contributed by atoms with Crippen LogP contribution in [0.1, 0.15) is 17.2 Å². The largest absolute Gasteiger partial charge is 0.465 e. The number of aliphatic hydroxyl groups excluding tert-OH is 3. The third-order valence-electron chi connectivity index (χ3n) is 4.68. The van der Waals surface area contributed by atoms with E-state index in [1.807, 2.05) is 18.2 Å². The van der Waals surface area contributed by atoms with E-state index in [0.29, 0.717) is 5.56 Å². The molecule has 0 aliphatic rings. The van der Waals surface area contributed by atoms with Crippen molar-refractivity contribution in [3.8, 4) is 0 Å². The highest BCUT2D eigenvalue weighted by molar-refractivity contribution is 5.65. The molecule has 2 aromatic carbocycles. The second-order valence-electron chi connectivity index (χ2n) is 6.80. The summed E-state index contributed by atoms with van der Waals surface area (Å²) in [5.41, 5.74) is 1.06. The number of nitrogens with one attached hydrogen (secondary N) is 2. The van der Waals surface area contributed by atoms with E-state index in [-0.39, 0.29) is 18.7 Å². The number of nitro groups is 1. The van der Waals surface area contributed by atoms with Crippen LogP contribution in [0, 0.1) is 10.1 Å². The number of aliphatic hydroxyl groups is 3. The van der Waals surface area contributed by atoms with Crippen LogP contribution in [0.3, 0.4) is 0 Å². The third-order valence-corrected chi connectivity index (χ3v) is 4.68. The van der Waals surface area contributed by atoms with E-state index in [1.165, 1.54) is 24.3 Å². The zero-order valence-corrected chi connectivity index (χ0v) is 16.1. The van der Waals surface area contributed by atoms with E-state index < -0.39 is 41.9 Å². The average Bonchev–Trinajstić information content (AvgIpc) is 2.73. The highest BCUT2D eigenvalue weighted by Crippen LogP contribution is 2.20. The average molecular weight is 419 g/mol. The smallest absolute Gasteiger partial charge is 0.404 e. The van der Waals surface area contributed by atoms with E-state index in [2.05, 4.69) is 10.6 Å². The number of hydrogen-bond donors (Lipinski definition) is 6. The summed E-state index contributed by atoms with van der Waals surface area (Å²) in [6.45, 7) is -0.576. The molecule has 2 rings (SSSR count). The molecule has 2 aromatic rings. The number of benzene rings is 2. The number of non-ortho nitro benzene ring substituents is 1. The molecule has 0 aliphatic heterocycles. The highest BCUT2D eigenvalue weighted by Gasteiger charge is 2.25. The van der Waals surface area contributed by atoms with Gasteiger partial charge in [0.15, 0.2) is 0 Å². The minimum Gasteiger partial charge on any atom is -0.465 e. The molecule has 0 radical (unpaired) electrons. The van der Waals surface area contributed by atoms with Crippen LogP contribution in [0.2, 0.25) is 0 Å². The number of nitro benzene ring substituents is 1. The highest BCUT2D eigenvalue weighted by atomic mass is 16.6. The molecule has 6 N–H and O–H groups in total. The fraction of sp³-hybridized carbons (Fsp3) is 0.350. The molecule has 0 saturated carbocycles. The Morgan fingerprint density at radius 1 is 1.03 bits per heavy atom. The van der Waals surface area contributed by atoms with Crippen molar-refractivity contribution in [1.82, 2.24) is 10.6 Å². The number of hydrogen-bond acceptors (Lipinski definition) is 7. The Kier molecular flexibility index (Phi) is 8.69. The monoisotopic (exact) mass is 419 g/mol. The molecule has 1 amide bonds. The lowest BCUT2D eigenvalue weighted by Gasteiger charge is -2.27. The van der Waals surface area contributed by atoms with Crippen molar-refractivity contribution in [1.29, 1.82) is 0 Å². The van der Waals surface area contributed by atoms with Crippen molar-refractivity contribution in [3.05, 3.63) is 75.8 Å². The van der Waals surface area contributed by atoms with Crippen LogP contribution < -0.4 is 10.6 Å². The molecule has 0 bridgehead atoms. The van der Waals surface area contributed by atoms with Gasteiger partial charge in [0, 0.05) is 18.7 Å². The van der Waals surface area contributed by atoms with Crippen molar-refractivity contribution in [2.75, 3.05) is 13.2 Å². The second kappa shape index (κ2) is 11.2. The Morgan fingerprint density at radius 3 is 2.20 bits per heavy atom. The topological polar surface area (TPSA) is 165 Å². The minimum atomic E-state index is -1.28. The van der Waals surface area contributed by atoms with Gasteiger partial charge in [-0.25, -0.2) is 4.79 Å². The molecule has 162 valence electrons. The van der Waals surface area contributed by atoms with Gasteiger partial charge in [-0.05, 0) is 29.7 Å². The number of amides is 1. The lowest BCUT2D eigenvalue weighted by Crippen LogP contribution is -2.51. The van der Waals surface area contributed by atoms with Gasteiger partial charge in [-0.1, -0.05) is 30.3 Å². The fourth-order valence-corrected chi connectivity index (χ4v) is 3.03. The number of carboxylic acid groups (broad SMARTS) is 1. The maximum absolute atomic E-state index is 11.1. The first-order chi connectivity index (χ1) is 14.3. The quantitative estimate of drug-likeness (QED) is 0.230. The lowest BCUT2D eigenvalue weighted by molar-refractivity contribution is -0.384. The summed E-state index contributed by atoms with van der Waals surface area (Å²) in [5.74, 6) is 0. The molecule has 30 heavy (non-hydrogen) atoms. The molecule has 4 atom stereocenters. The third kappa shape index (κ3) is 6.78. The molecular formula is C20H25N3O7. The summed E-state index contributed by atoms with van der Waals surface area (Å²) >= 11 is 0. The van der Waals surface area contributed by atoms with Gasteiger partial charge in [-0.3, -0.25) is 10.1 Å². The zero-order chi connectivity index (χ0) is 22.1. The molecule has 0 aliphatic carbocycles. The molecule has 10 heteroatoms. The van der Waals surface area contributed by atoms with Crippen LogP contribution in [-0.2, 0) is 6.42 Å². The van der Waals surface area contributed by atoms with Gasteiger partial charge in [0.2, 0.25) is 0 Å². The van der Waals surface area contributed by atoms with Gasteiger partial charge in [0.25, 0.3) is 5.69 Å². The fourth-order valence-electron chi connectivity index (χ4n) is 3.03. The first kappa shape index (κ1) is 23.2. The summed E-state index contributed by atoms with van der Waals surface area (Å²) in [6.07, 6.45) is -3.35. The summed E-state index contributed by atoms with van der Waals surface area (Å²) in [5, 5.41) is 55.5. The van der Waals surface area contributed by atoms with Crippen molar-refractivity contribution < 1.29 is 30.1 Å². The van der Waals surface area contributed by atoms with Gasteiger partial charge >= 0.3 is 6.09 Å². The Labute approximate surface area is 172 Å². The summed E-state index contributed by atoms with van der Waals surface area (Å²) in [6, 6.07) is 12.6. The Morgan fingerprint density at radius 2 is 1.67 bits per heavy atom. The van der Waals surface area contributed by atoms with Gasteiger partial charge in [0.05, 0.1) is 35.8 Å². The number of nitrogens with zero attached hydrogens (tertiary/aromatic N) is 1. The Balaban J connectivity index is 2.01. The van der Waals surface area contributed by atoms with Gasteiger partial charge in [-0.15, -0.1) is 0 Å². The van der Waals surface area contributed by atoms with E-state index in [0.717, 1.165) is 5.56 Å². The summed E-state index contributed by atoms with van der Waals surface area (Å²) < 4.78 is 0. The van der Waals surface area contributed by atoms with E-state index in [4.69, 9.17) is 5.11 Å². The normalized spacial score (nSPS) is 15.0. The maximum Gasteiger partial charge on any atom is 0.404 e. The van der Waals surface area contributed by atoms with Gasteiger partial charge in [0.1, 0.15) is 0 Å². The summed E-state index contributed by atoms with van der Waals surface area (Å²) in [7, 11) is 0. The van der Waals surface area contributed by atoms with Crippen molar-refractivity contribution >= 4 is 11.8 Å². The van der Waals surface area contributed by atoms with Gasteiger partial charge < -0.3 is 31.1 Å². The maximum atomic E-state index is 11.1. The van der Waals surface area contributed by atoms with Crippen LogP contribution in [-0.4, -0.2) is 62.8 Å². The number of rotatable bonds is 11. The van der Waals surface area contributed by atoms with Crippen LogP contribution in [0.25, 0.3) is 0 Å². The molecule has 1 unspecified atom stereocenters. The standard InChI is InChI=1S/C20H25N3O7/c24-12-17(19(26)14-6-8-15(9-7-14)23(29)30)21-11-18(25)16(22-20(27)28)10-13-4-2-1-3-5-13/h1-9,16-19,21-22,24-26H,10-12H2,(H,27,28)/t16-,17-,18-,19?/m0/s1. The minimum absolute atomic E-state index is 0.104.